The molecule has 0 saturated carbocycles. The fourth-order valence-corrected chi connectivity index (χ4v) is 5.52. The molecule has 3 aromatic carbocycles. The third-order valence-electron chi connectivity index (χ3n) is 7.67. The summed E-state index contributed by atoms with van der Waals surface area (Å²) in [6.07, 6.45) is 0. The van der Waals surface area contributed by atoms with Crippen molar-refractivity contribution in [3.05, 3.63) is 119 Å². The number of nitrogens with one attached hydrogen (secondary N) is 1. The van der Waals surface area contributed by atoms with Gasteiger partial charge in [0.25, 0.3) is 11.6 Å². The number of ketones is 4. The predicted octanol–water partition coefficient (Wildman–Crippen LogP) is 6.68. The minimum Gasteiger partial charge on any atom is -0.338 e. The third-order valence-corrected chi connectivity index (χ3v) is 7.67. The summed E-state index contributed by atoms with van der Waals surface area (Å²) in [6.45, 7) is 8.60. The first-order valence-electron chi connectivity index (χ1n) is 14.3. The van der Waals surface area contributed by atoms with Gasteiger partial charge in [-0.25, -0.2) is 9.97 Å². The Labute approximate surface area is 248 Å². The number of aromatic amines is 1. The maximum atomic E-state index is 12.8. The molecule has 0 radical (unpaired) electrons. The Kier molecular flexibility index (Phi) is 7.05. The molecule has 8 nitrogen and oxygen atoms in total. The standard InChI is InChI=1S/C21H18N2O2.C14H12N2O2/c1-13(2)21-22-17-15-10-6-7-11-16(15)19(24)20(25)18(17)23(21)12-14-8-4-3-5-9-14;1-7(2)14-15-10-8-5-3-4-6-9(8)12(17)13(18)11(10)16-14/h3-11,13H,12H2,1-2H3;3-7H,1-2H3,(H,15,16). The van der Waals surface area contributed by atoms with Crippen LogP contribution in [0.5, 0.6) is 0 Å². The molecule has 8 heteroatoms. The highest BCUT2D eigenvalue weighted by Gasteiger charge is 2.36. The van der Waals surface area contributed by atoms with E-state index in [1.807, 2.05) is 86.9 Å². The number of rotatable bonds is 4. The van der Waals surface area contributed by atoms with E-state index in [0.717, 1.165) is 28.3 Å². The van der Waals surface area contributed by atoms with E-state index in [0.29, 0.717) is 40.4 Å². The molecule has 0 unspecified atom stereocenters. The van der Waals surface area contributed by atoms with Gasteiger partial charge in [-0.2, -0.15) is 0 Å². The summed E-state index contributed by atoms with van der Waals surface area (Å²) in [5.41, 5.74) is 5.40. The van der Waals surface area contributed by atoms with Crippen LogP contribution >= 0.6 is 0 Å². The van der Waals surface area contributed by atoms with Crippen molar-refractivity contribution in [1.29, 1.82) is 0 Å². The second kappa shape index (κ2) is 10.9. The molecule has 0 fully saturated rings. The molecule has 214 valence electrons. The van der Waals surface area contributed by atoms with Gasteiger partial charge < -0.3 is 9.55 Å². The molecule has 43 heavy (non-hydrogen) atoms. The Morgan fingerprint density at radius 2 is 1.14 bits per heavy atom. The van der Waals surface area contributed by atoms with Crippen LogP contribution in [0.1, 0.15) is 98.4 Å². The maximum absolute atomic E-state index is 12.8. The molecule has 0 saturated heterocycles. The van der Waals surface area contributed by atoms with Crippen LogP contribution in [0.15, 0.2) is 78.9 Å². The lowest BCUT2D eigenvalue weighted by Gasteiger charge is -2.17. The minimum absolute atomic E-state index is 0.143. The molecular weight excluding hydrogens is 540 g/mol. The monoisotopic (exact) mass is 570 g/mol. The van der Waals surface area contributed by atoms with Gasteiger partial charge in [-0.3, -0.25) is 19.2 Å². The summed E-state index contributed by atoms with van der Waals surface area (Å²) < 4.78 is 1.91. The van der Waals surface area contributed by atoms with Gasteiger partial charge in [0, 0.05) is 40.6 Å². The molecule has 2 aliphatic rings. The van der Waals surface area contributed by atoms with Crippen LogP contribution in [-0.2, 0) is 6.54 Å². The number of imidazole rings is 2. The zero-order valence-electron chi connectivity index (χ0n) is 24.3. The fourth-order valence-electron chi connectivity index (χ4n) is 5.52. The van der Waals surface area contributed by atoms with E-state index < -0.39 is 23.1 Å². The highest BCUT2D eigenvalue weighted by molar-refractivity contribution is 6.53. The number of hydrogen-bond acceptors (Lipinski definition) is 6. The van der Waals surface area contributed by atoms with Crippen LogP contribution in [0, 0.1) is 0 Å². The molecule has 5 aromatic rings. The van der Waals surface area contributed by atoms with Gasteiger partial charge in [-0.15, -0.1) is 0 Å². The Balaban J connectivity index is 0.000000162. The zero-order chi connectivity index (χ0) is 30.4. The van der Waals surface area contributed by atoms with E-state index in [4.69, 9.17) is 4.98 Å². The van der Waals surface area contributed by atoms with E-state index in [-0.39, 0.29) is 11.8 Å². The van der Waals surface area contributed by atoms with Crippen molar-refractivity contribution >= 4 is 23.1 Å². The largest absolute Gasteiger partial charge is 0.338 e. The lowest BCUT2D eigenvalue weighted by atomic mass is 9.90. The number of Topliss-reactive ketones (excluding diaryl/α,β-unsaturated/α-hetero) is 4. The highest BCUT2D eigenvalue weighted by Crippen LogP contribution is 2.36. The van der Waals surface area contributed by atoms with Crippen molar-refractivity contribution in [3.8, 4) is 22.5 Å². The Bertz CT molecular complexity index is 1930. The van der Waals surface area contributed by atoms with E-state index in [1.54, 1.807) is 24.3 Å². The van der Waals surface area contributed by atoms with Crippen molar-refractivity contribution in [1.82, 2.24) is 19.5 Å². The van der Waals surface area contributed by atoms with Gasteiger partial charge in [0.1, 0.15) is 34.4 Å². The molecule has 0 bridgehead atoms. The van der Waals surface area contributed by atoms with Gasteiger partial charge in [0.15, 0.2) is 0 Å². The van der Waals surface area contributed by atoms with Crippen molar-refractivity contribution in [2.75, 3.05) is 0 Å². The summed E-state index contributed by atoms with van der Waals surface area (Å²) in [6, 6.07) is 24.2. The second-order valence-corrected chi connectivity index (χ2v) is 11.3. The molecule has 0 atom stereocenters. The van der Waals surface area contributed by atoms with Crippen LogP contribution < -0.4 is 0 Å². The van der Waals surface area contributed by atoms with E-state index in [1.165, 1.54) is 0 Å². The number of carbonyl (C=O) groups excluding carboxylic acids is 4. The first kappa shape index (κ1) is 27.9. The number of benzene rings is 3. The van der Waals surface area contributed by atoms with E-state index in [2.05, 4.69) is 9.97 Å². The van der Waals surface area contributed by atoms with Gasteiger partial charge in [0.2, 0.25) is 11.6 Å². The topological polar surface area (TPSA) is 115 Å². The number of carbonyl (C=O) groups is 4. The molecule has 7 rings (SSSR count). The molecule has 1 N–H and O–H groups in total. The fraction of sp³-hybridized carbons (Fsp3) is 0.200. The van der Waals surface area contributed by atoms with Crippen molar-refractivity contribution in [3.63, 3.8) is 0 Å². The lowest BCUT2D eigenvalue weighted by molar-refractivity contribution is 0.0810. The van der Waals surface area contributed by atoms with E-state index in [9.17, 15) is 19.2 Å². The van der Waals surface area contributed by atoms with Crippen LogP contribution in [-0.4, -0.2) is 42.7 Å². The van der Waals surface area contributed by atoms with Crippen molar-refractivity contribution in [2.24, 2.45) is 0 Å². The molecular formula is C35H30N4O4. The van der Waals surface area contributed by atoms with Gasteiger partial charge in [0.05, 0.1) is 0 Å². The molecule has 2 aliphatic carbocycles. The molecule has 0 aliphatic heterocycles. The van der Waals surface area contributed by atoms with Crippen LogP contribution in [0.4, 0.5) is 0 Å². The molecule has 2 heterocycles. The van der Waals surface area contributed by atoms with Crippen LogP contribution in [0.2, 0.25) is 0 Å². The van der Waals surface area contributed by atoms with Gasteiger partial charge >= 0.3 is 0 Å². The summed E-state index contributed by atoms with van der Waals surface area (Å²) >= 11 is 0. The molecule has 0 spiro atoms. The average molecular weight is 571 g/mol. The molecule has 2 aromatic heterocycles. The minimum atomic E-state index is -0.497. The third kappa shape index (κ3) is 4.74. The second-order valence-electron chi connectivity index (χ2n) is 11.3. The Morgan fingerprint density at radius 3 is 1.72 bits per heavy atom. The smallest absolute Gasteiger partial charge is 0.252 e. The number of aromatic nitrogens is 4. The normalized spacial score (nSPS) is 13.3. The summed E-state index contributed by atoms with van der Waals surface area (Å²) in [4.78, 5) is 61.5. The maximum Gasteiger partial charge on any atom is 0.252 e. The Morgan fingerprint density at radius 1 is 0.605 bits per heavy atom. The number of fused-ring (bicyclic) bond motifs is 6. The average Bonchev–Trinajstić information content (AvgIpc) is 3.63. The van der Waals surface area contributed by atoms with Gasteiger partial charge in [-0.1, -0.05) is 107 Å². The predicted molar refractivity (Wildman–Crippen MR) is 163 cm³/mol. The summed E-state index contributed by atoms with van der Waals surface area (Å²) in [7, 11) is 0. The Hall–Kier alpha value is -5.24. The first-order chi connectivity index (χ1) is 20.7. The summed E-state index contributed by atoms with van der Waals surface area (Å²) in [5, 5.41) is 0. The van der Waals surface area contributed by atoms with Crippen LogP contribution in [0.25, 0.3) is 22.5 Å². The van der Waals surface area contributed by atoms with Crippen molar-refractivity contribution < 1.29 is 19.2 Å². The highest BCUT2D eigenvalue weighted by atomic mass is 16.2. The first-order valence-corrected chi connectivity index (χ1v) is 14.3. The van der Waals surface area contributed by atoms with E-state index >= 15 is 0 Å². The lowest BCUT2D eigenvalue weighted by Crippen LogP contribution is -2.24. The van der Waals surface area contributed by atoms with Crippen LogP contribution in [0.3, 0.4) is 0 Å². The number of nitrogens with zero attached hydrogens (tertiary/aromatic N) is 3. The zero-order valence-corrected chi connectivity index (χ0v) is 24.3. The number of hydrogen-bond donors (Lipinski definition) is 1. The summed E-state index contributed by atoms with van der Waals surface area (Å²) in [5.74, 6) is 0.0106. The van der Waals surface area contributed by atoms with Gasteiger partial charge in [-0.05, 0) is 5.56 Å². The quantitative estimate of drug-likeness (QED) is 0.241. The number of H-pyrrole nitrogens is 1. The molecule has 0 amide bonds. The SMILES string of the molecule is CC(C)c1nc2c([nH]1)C(=O)C(=O)c1ccccc1-2.CC(C)c1nc2c(n1Cc1ccccc1)C(=O)C(=O)c1ccccc1-2. The van der Waals surface area contributed by atoms with Crippen molar-refractivity contribution in [2.45, 2.75) is 46.1 Å².